The van der Waals surface area contributed by atoms with Crippen molar-refractivity contribution in [2.75, 3.05) is 5.73 Å². The molecule has 1 nitrogen and oxygen atoms in total. The lowest BCUT2D eigenvalue weighted by atomic mass is 10.1. The zero-order valence-corrected chi connectivity index (χ0v) is 10.3. The molecular formula is C14H15NS. The monoisotopic (exact) mass is 229 g/mol. The minimum atomic E-state index is 0.858. The molecule has 0 saturated carbocycles. The topological polar surface area (TPSA) is 26.0 Å². The summed E-state index contributed by atoms with van der Waals surface area (Å²) in [7, 11) is 0. The average Bonchev–Trinajstić information content (AvgIpc) is 2.31. The van der Waals surface area contributed by atoms with Gasteiger partial charge in [0, 0.05) is 15.5 Å². The van der Waals surface area contributed by atoms with E-state index in [0.29, 0.717) is 0 Å². The number of nitrogens with two attached hydrogens (primary N) is 1. The van der Waals surface area contributed by atoms with E-state index in [9.17, 15) is 0 Å². The molecule has 0 fully saturated rings. The first-order chi connectivity index (χ1) is 7.68. The van der Waals surface area contributed by atoms with E-state index in [1.54, 1.807) is 11.8 Å². The van der Waals surface area contributed by atoms with Crippen LogP contribution in [0.25, 0.3) is 0 Å². The van der Waals surface area contributed by atoms with E-state index in [1.807, 2.05) is 24.3 Å². The Morgan fingerprint density at radius 2 is 1.62 bits per heavy atom. The Morgan fingerprint density at radius 3 is 2.31 bits per heavy atom. The third kappa shape index (κ3) is 2.22. The molecule has 2 aromatic carbocycles. The van der Waals surface area contributed by atoms with Gasteiger partial charge in [-0.3, -0.25) is 0 Å². The summed E-state index contributed by atoms with van der Waals surface area (Å²) in [6, 6.07) is 14.4. The van der Waals surface area contributed by atoms with Gasteiger partial charge in [-0.25, -0.2) is 0 Å². The van der Waals surface area contributed by atoms with Gasteiger partial charge in [-0.15, -0.1) is 0 Å². The summed E-state index contributed by atoms with van der Waals surface area (Å²) >= 11 is 1.73. The molecular weight excluding hydrogens is 214 g/mol. The second-order valence-electron chi connectivity index (χ2n) is 3.84. The van der Waals surface area contributed by atoms with Crippen molar-refractivity contribution < 1.29 is 0 Å². The second-order valence-corrected chi connectivity index (χ2v) is 4.92. The van der Waals surface area contributed by atoms with Gasteiger partial charge in [0.1, 0.15) is 0 Å². The van der Waals surface area contributed by atoms with Gasteiger partial charge >= 0.3 is 0 Å². The van der Waals surface area contributed by atoms with Crippen molar-refractivity contribution in [2.45, 2.75) is 23.6 Å². The third-order valence-corrected chi connectivity index (χ3v) is 3.92. The van der Waals surface area contributed by atoms with Gasteiger partial charge in [-0.2, -0.15) is 0 Å². The largest absolute Gasteiger partial charge is 0.398 e. The molecule has 2 rings (SSSR count). The first kappa shape index (κ1) is 11.1. The number of rotatable bonds is 2. The summed E-state index contributed by atoms with van der Waals surface area (Å²) in [6.07, 6.45) is 0. The minimum absolute atomic E-state index is 0.858. The SMILES string of the molecule is Cc1ccc(N)c(Sc2ccccc2)c1C. The number of aryl methyl sites for hydroxylation is 1. The van der Waals surface area contributed by atoms with E-state index >= 15 is 0 Å². The number of nitrogen functional groups attached to an aromatic ring is 1. The van der Waals surface area contributed by atoms with Crippen LogP contribution in [0.15, 0.2) is 52.3 Å². The molecule has 0 aromatic heterocycles. The van der Waals surface area contributed by atoms with Crippen molar-refractivity contribution in [2.24, 2.45) is 0 Å². The molecule has 82 valence electrons. The Balaban J connectivity index is 2.38. The average molecular weight is 229 g/mol. The van der Waals surface area contributed by atoms with Gasteiger partial charge in [-0.05, 0) is 43.2 Å². The standard InChI is InChI=1S/C14H15NS/c1-10-8-9-13(15)14(11(10)2)16-12-6-4-3-5-7-12/h3-9H,15H2,1-2H3. The molecule has 2 N–H and O–H groups in total. The maximum Gasteiger partial charge on any atom is 0.0458 e. The van der Waals surface area contributed by atoms with Gasteiger partial charge < -0.3 is 5.73 Å². The van der Waals surface area contributed by atoms with Crippen LogP contribution in [-0.4, -0.2) is 0 Å². The van der Waals surface area contributed by atoms with Crippen LogP contribution in [0.5, 0.6) is 0 Å². The van der Waals surface area contributed by atoms with Crippen molar-refractivity contribution >= 4 is 17.4 Å². The summed E-state index contributed by atoms with van der Waals surface area (Å²) in [5, 5.41) is 0. The minimum Gasteiger partial charge on any atom is -0.398 e. The molecule has 0 amide bonds. The summed E-state index contributed by atoms with van der Waals surface area (Å²) < 4.78 is 0. The molecule has 0 atom stereocenters. The highest BCUT2D eigenvalue weighted by molar-refractivity contribution is 7.99. The molecule has 0 unspecified atom stereocenters. The first-order valence-corrected chi connectivity index (χ1v) is 6.08. The molecule has 2 heteroatoms. The van der Waals surface area contributed by atoms with Gasteiger partial charge in [0.15, 0.2) is 0 Å². The van der Waals surface area contributed by atoms with Crippen LogP contribution in [-0.2, 0) is 0 Å². The summed E-state index contributed by atoms with van der Waals surface area (Å²) in [5.41, 5.74) is 9.43. The molecule has 0 aliphatic heterocycles. The van der Waals surface area contributed by atoms with Gasteiger partial charge in [0.25, 0.3) is 0 Å². The molecule has 0 heterocycles. The maximum absolute atomic E-state index is 6.02. The molecule has 2 aromatic rings. The predicted molar refractivity (Wildman–Crippen MR) is 70.9 cm³/mol. The Morgan fingerprint density at radius 1 is 0.938 bits per heavy atom. The Hall–Kier alpha value is -1.41. The van der Waals surface area contributed by atoms with E-state index in [4.69, 9.17) is 5.73 Å². The van der Waals surface area contributed by atoms with Crippen molar-refractivity contribution in [3.05, 3.63) is 53.6 Å². The number of hydrogen-bond donors (Lipinski definition) is 1. The lowest BCUT2D eigenvalue weighted by Gasteiger charge is -2.11. The van der Waals surface area contributed by atoms with E-state index < -0.39 is 0 Å². The molecule has 16 heavy (non-hydrogen) atoms. The predicted octanol–water partition coefficient (Wildman–Crippen LogP) is 4.04. The van der Waals surface area contributed by atoms with Crippen molar-refractivity contribution in [1.82, 2.24) is 0 Å². The highest BCUT2D eigenvalue weighted by atomic mass is 32.2. The zero-order valence-electron chi connectivity index (χ0n) is 9.53. The van der Waals surface area contributed by atoms with Crippen LogP contribution in [0.4, 0.5) is 5.69 Å². The first-order valence-electron chi connectivity index (χ1n) is 5.27. The van der Waals surface area contributed by atoms with Crippen LogP contribution in [0.3, 0.4) is 0 Å². The number of benzene rings is 2. The lowest BCUT2D eigenvalue weighted by molar-refractivity contribution is 1.23. The van der Waals surface area contributed by atoms with E-state index in [2.05, 4.69) is 32.0 Å². The molecule has 0 aliphatic carbocycles. The van der Waals surface area contributed by atoms with Crippen LogP contribution < -0.4 is 5.73 Å². The molecule has 0 aliphatic rings. The fraction of sp³-hybridized carbons (Fsp3) is 0.143. The van der Waals surface area contributed by atoms with Gasteiger partial charge in [-0.1, -0.05) is 36.0 Å². The fourth-order valence-electron chi connectivity index (χ4n) is 1.55. The quantitative estimate of drug-likeness (QED) is 0.787. The smallest absolute Gasteiger partial charge is 0.0458 e. The highest BCUT2D eigenvalue weighted by Gasteiger charge is 2.07. The van der Waals surface area contributed by atoms with Gasteiger partial charge in [0.2, 0.25) is 0 Å². The fourth-order valence-corrected chi connectivity index (χ4v) is 2.58. The van der Waals surface area contributed by atoms with Crippen LogP contribution in [0.1, 0.15) is 11.1 Å². The van der Waals surface area contributed by atoms with E-state index in [1.165, 1.54) is 20.9 Å². The van der Waals surface area contributed by atoms with Crippen LogP contribution >= 0.6 is 11.8 Å². The van der Waals surface area contributed by atoms with Crippen molar-refractivity contribution in [3.63, 3.8) is 0 Å². The Kier molecular flexibility index (Phi) is 3.20. The maximum atomic E-state index is 6.02. The normalized spacial score (nSPS) is 10.4. The van der Waals surface area contributed by atoms with Crippen LogP contribution in [0, 0.1) is 13.8 Å². The Labute approximate surface area is 101 Å². The van der Waals surface area contributed by atoms with E-state index in [-0.39, 0.29) is 0 Å². The molecule has 0 spiro atoms. The number of anilines is 1. The lowest BCUT2D eigenvalue weighted by Crippen LogP contribution is -1.93. The van der Waals surface area contributed by atoms with Crippen LogP contribution in [0.2, 0.25) is 0 Å². The zero-order chi connectivity index (χ0) is 11.5. The molecule has 0 saturated heterocycles. The third-order valence-electron chi connectivity index (χ3n) is 2.67. The summed E-state index contributed by atoms with van der Waals surface area (Å²) in [4.78, 5) is 2.40. The Bertz CT molecular complexity index is 492. The second kappa shape index (κ2) is 4.62. The molecule has 0 radical (unpaired) electrons. The number of hydrogen-bond acceptors (Lipinski definition) is 2. The van der Waals surface area contributed by atoms with Crippen molar-refractivity contribution in [1.29, 1.82) is 0 Å². The molecule has 0 bridgehead atoms. The summed E-state index contributed by atoms with van der Waals surface area (Å²) in [5.74, 6) is 0. The van der Waals surface area contributed by atoms with Gasteiger partial charge in [0.05, 0.1) is 0 Å². The summed E-state index contributed by atoms with van der Waals surface area (Å²) in [6.45, 7) is 4.24. The van der Waals surface area contributed by atoms with Crippen molar-refractivity contribution in [3.8, 4) is 0 Å². The van der Waals surface area contributed by atoms with E-state index in [0.717, 1.165) is 5.69 Å². The highest BCUT2D eigenvalue weighted by Crippen LogP contribution is 2.35.